The number of nitrogens with one attached hydrogen (secondary N) is 1. The lowest BCUT2D eigenvalue weighted by atomic mass is 9.97. The minimum atomic E-state index is -3.97. The molecule has 0 saturated carbocycles. The Labute approximate surface area is 186 Å². The molecule has 2 aliphatic rings. The fraction of sp³-hybridized carbons (Fsp3) is 0.381. The number of anilines is 1. The minimum Gasteiger partial charge on any atom is -0.493 e. The first kappa shape index (κ1) is 21.3. The standard InChI is InChI=1S/C21H22Cl2N2O4S/c1-13-10-20(18(23)12-17(13)22)30(27,28)24-14-5-6-19-16(11-14)21(26)25-8-3-2-4-15(25)7-9-29-19/h5-6,10-12,15,24H,2-4,7-9H2,1H3. The first-order valence-electron chi connectivity index (χ1n) is 9.82. The number of ether oxygens (including phenoxy) is 1. The van der Waals surface area contributed by atoms with Gasteiger partial charge in [-0.2, -0.15) is 0 Å². The molecule has 2 heterocycles. The highest BCUT2D eigenvalue weighted by molar-refractivity contribution is 7.92. The van der Waals surface area contributed by atoms with Crippen molar-refractivity contribution in [3.8, 4) is 5.75 Å². The number of sulfonamides is 1. The number of rotatable bonds is 3. The number of carbonyl (C=O) groups excluding carboxylic acids is 1. The first-order valence-corrected chi connectivity index (χ1v) is 12.1. The molecule has 1 fully saturated rings. The summed E-state index contributed by atoms with van der Waals surface area (Å²) in [5.74, 6) is 0.336. The fourth-order valence-corrected chi connectivity index (χ4v) is 5.84. The van der Waals surface area contributed by atoms with Gasteiger partial charge in [-0.15, -0.1) is 0 Å². The van der Waals surface area contributed by atoms with Gasteiger partial charge in [-0.05, 0) is 62.1 Å². The van der Waals surface area contributed by atoms with E-state index in [1.165, 1.54) is 18.2 Å². The lowest BCUT2D eigenvalue weighted by Crippen LogP contribution is -2.45. The molecule has 160 valence electrons. The van der Waals surface area contributed by atoms with Crippen molar-refractivity contribution in [2.45, 2.75) is 43.5 Å². The van der Waals surface area contributed by atoms with Gasteiger partial charge in [0.2, 0.25) is 0 Å². The summed E-state index contributed by atoms with van der Waals surface area (Å²) in [5, 5.41) is 0.416. The normalized spacial score (nSPS) is 19.2. The smallest absolute Gasteiger partial charge is 0.263 e. The second-order valence-corrected chi connectivity index (χ2v) is 10.1. The van der Waals surface area contributed by atoms with Gasteiger partial charge in [0.05, 0.1) is 17.2 Å². The van der Waals surface area contributed by atoms with E-state index in [2.05, 4.69) is 4.72 Å². The number of benzene rings is 2. The minimum absolute atomic E-state index is 0.0277. The highest BCUT2D eigenvalue weighted by Crippen LogP contribution is 2.33. The molecule has 0 bridgehead atoms. The van der Waals surface area contributed by atoms with Crippen molar-refractivity contribution in [2.75, 3.05) is 17.9 Å². The molecule has 1 unspecified atom stereocenters. The van der Waals surface area contributed by atoms with Crippen LogP contribution in [-0.2, 0) is 10.0 Å². The maximum atomic E-state index is 13.2. The van der Waals surface area contributed by atoms with Crippen LogP contribution in [0.25, 0.3) is 0 Å². The third-order valence-corrected chi connectivity index (χ3v) is 7.81. The third-order valence-electron chi connectivity index (χ3n) is 5.56. The summed E-state index contributed by atoms with van der Waals surface area (Å²) < 4.78 is 34.2. The summed E-state index contributed by atoms with van der Waals surface area (Å²) >= 11 is 12.1. The molecule has 1 amide bonds. The van der Waals surface area contributed by atoms with Crippen LogP contribution in [0.1, 0.15) is 41.6 Å². The molecular formula is C21H22Cl2N2O4S. The van der Waals surface area contributed by atoms with Gasteiger partial charge < -0.3 is 9.64 Å². The summed E-state index contributed by atoms with van der Waals surface area (Å²) in [4.78, 5) is 15.0. The van der Waals surface area contributed by atoms with Crippen molar-refractivity contribution < 1.29 is 17.9 Å². The Balaban J connectivity index is 1.67. The van der Waals surface area contributed by atoms with E-state index < -0.39 is 10.0 Å². The number of piperidine rings is 1. The zero-order valence-electron chi connectivity index (χ0n) is 16.5. The van der Waals surface area contributed by atoms with Crippen LogP contribution >= 0.6 is 23.2 Å². The summed E-state index contributed by atoms with van der Waals surface area (Å²) in [6.07, 6.45) is 3.83. The van der Waals surface area contributed by atoms with E-state index >= 15 is 0 Å². The molecule has 0 radical (unpaired) electrons. The summed E-state index contributed by atoms with van der Waals surface area (Å²) in [6, 6.07) is 7.73. The maximum Gasteiger partial charge on any atom is 0.263 e. The quantitative estimate of drug-likeness (QED) is 0.696. The molecule has 4 rings (SSSR count). The third kappa shape index (κ3) is 4.11. The van der Waals surface area contributed by atoms with Crippen LogP contribution < -0.4 is 9.46 Å². The number of halogens is 2. The molecule has 1 atom stereocenters. The maximum absolute atomic E-state index is 13.2. The van der Waals surface area contributed by atoms with Gasteiger partial charge in [0, 0.05) is 29.7 Å². The molecule has 6 nitrogen and oxygen atoms in total. The largest absolute Gasteiger partial charge is 0.493 e. The summed E-state index contributed by atoms with van der Waals surface area (Å²) in [5.41, 5.74) is 1.23. The van der Waals surface area contributed by atoms with Crippen molar-refractivity contribution in [1.82, 2.24) is 4.90 Å². The number of nitrogens with zero attached hydrogens (tertiary/aromatic N) is 1. The Morgan fingerprint density at radius 2 is 1.90 bits per heavy atom. The van der Waals surface area contributed by atoms with Gasteiger partial charge >= 0.3 is 0 Å². The molecule has 0 aliphatic carbocycles. The van der Waals surface area contributed by atoms with Crippen LogP contribution in [0.3, 0.4) is 0 Å². The summed E-state index contributed by atoms with van der Waals surface area (Å²) in [7, 11) is -3.97. The van der Waals surface area contributed by atoms with E-state index in [-0.39, 0.29) is 27.6 Å². The van der Waals surface area contributed by atoms with E-state index in [1.807, 2.05) is 4.90 Å². The first-order chi connectivity index (χ1) is 14.3. The lowest BCUT2D eigenvalue weighted by Gasteiger charge is -2.37. The average Bonchev–Trinajstić information content (AvgIpc) is 2.70. The Morgan fingerprint density at radius 3 is 2.70 bits per heavy atom. The molecule has 30 heavy (non-hydrogen) atoms. The molecule has 2 aliphatic heterocycles. The molecule has 9 heteroatoms. The number of carbonyl (C=O) groups is 1. The molecule has 2 aromatic carbocycles. The van der Waals surface area contributed by atoms with Gasteiger partial charge in [0.25, 0.3) is 15.9 Å². The molecule has 1 N–H and O–H groups in total. The van der Waals surface area contributed by atoms with Gasteiger partial charge in [0.15, 0.2) is 0 Å². The van der Waals surface area contributed by atoms with Crippen LogP contribution in [0.4, 0.5) is 5.69 Å². The van der Waals surface area contributed by atoms with Crippen LogP contribution in [0.2, 0.25) is 10.0 Å². The van der Waals surface area contributed by atoms with Gasteiger partial charge in [-0.3, -0.25) is 9.52 Å². The second kappa shape index (κ2) is 8.29. The SMILES string of the molecule is Cc1cc(S(=O)(=O)Nc2ccc3c(c2)C(=O)N2CCCCC2CCO3)c(Cl)cc1Cl. The highest BCUT2D eigenvalue weighted by atomic mass is 35.5. The fourth-order valence-electron chi connectivity index (χ4n) is 3.96. The Morgan fingerprint density at radius 1 is 1.10 bits per heavy atom. The van der Waals surface area contributed by atoms with Crippen LogP contribution in [-0.4, -0.2) is 38.4 Å². The van der Waals surface area contributed by atoms with E-state index in [0.717, 1.165) is 25.7 Å². The number of hydrogen-bond acceptors (Lipinski definition) is 4. The van der Waals surface area contributed by atoms with Gasteiger partial charge in [-0.1, -0.05) is 23.2 Å². The van der Waals surface area contributed by atoms with Crippen molar-refractivity contribution in [3.63, 3.8) is 0 Å². The van der Waals surface area contributed by atoms with E-state index in [4.69, 9.17) is 27.9 Å². The zero-order chi connectivity index (χ0) is 21.5. The molecule has 1 saturated heterocycles. The van der Waals surface area contributed by atoms with E-state index in [1.54, 1.807) is 19.1 Å². The van der Waals surface area contributed by atoms with Crippen LogP contribution in [0.5, 0.6) is 5.75 Å². The summed E-state index contributed by atoms with van der Waals surface area (Å²) in [6.45, 7) is 2.93. The molecular weight excluding hydrogens is 447 g/mol. The second-order valence-electron chi connectivity index (χ2n) is 7.63. The number of fused-ring (bicyclic) bond motifs is 2. The Bertz CT molecular complexity index is 1100. The Hall–Kier alpha value is -1.96. The number of hydrogen-bond donors (Lipinski definition) is 1. The van der Waals surface area contributed by atoms with Crippen molar-refractivity contribution in [1.29, 1.82) is 0 Å². The van der Waals surface area contributed by atoms with Crippen molar-refractivity contribution in [2.24, 2.45) is 0 Å². The van der Waals surface area contributed by atoms with E-state index in [9.17, 15) is 13.2 Å². The molecule has 0 aromatic heterocycles. The number of amides is 1. The average molecular weight is 469 g/mol. The topological polar surface area (TPSA) is 75.7 Å². The predicted molar refractivity (Wildman–Crippen MR) is 117 cm³/mol. The highest BCUT2D eigenvalue weighted by Gasteiger charge is 2.31. The molecule has 2 aromatic rings. The lowest BCUT2D eigenvalue weighted by molar-refractivity contribution is 0.0548. The molecule has 0 spiro atoms. The van der Waals surface area contributed by atoms with Crippen molar-refractivity contribution in [3.05, 3.63) is 51.5 Å². The monoisotopic (exact) mass is 468 g/mol. The van der Waals surface area contributed by atoms with E-state index in [0.29, 0.717) is 35.1 Å². The van der Waals surface area contributed by atoms with Crippen LogP contribution in [0.15, 0.2) is 35.2 Å². The number of aryl methyl sites for hydroxylation is 1. The predicted octanol–water partition coefficient (Wildman–Crippen LogP) is 4.88. The zero-order valence-corrected chi connectivity index (χ0v) is 18.8. The van der Waals surface area contributed by atoms with Gasteiger partial charge in [-0.25, -0.2) is 8.42 Å². The van der Waals surface area contributed by atoms with Crippen LogP contribution in [0, 0.1) is 6.92 Å². The van der Waals surface area contributed by atoms with Crippen molar-refractivity contribution >= 4 is 44.8 Å². The Kier molecular flexibility index (Phi) is 5.88. The van der Waals surface area contributed by atoms with Gasteiger partial charge in [0.1, 0.15) is 10.6 Å².